The zero-order valence-electron chi connectivity index (χ0n) is 24.0. The fourth-order valence-electron chi connectivity index (χ4n) is 4.66. The Morgan fingerprint density at radius 1 is 0.738 bits per heavy atom. The molecule has 0 aliphatic heterocycles. The van der Waals surface area contributed by atoms with E-state index in [9.17, 15) is 14.0 Å². The SMILES string of the molecule is COc1ccc(CNC(=O)[C@H](Cc2ccccc2)N(Cc2ccc(F)cc2)C(=O)Cc2ccc(OC)c(OC)c2)cc1. The van der Waals surface area contributed by atoms with Gasteiger partial charge in [-0.1, -0.05) is 60.7 Å². The van der Waals surface area contributed by atoms with Crippen LogP contribution < -0.4 is 19.5 Å². The molecule has 0 saturated heterocycles. The molecule has 0 saturated carbocycles. The smallest absolute Gasteiger partial charge is 0.243 e. The second-order valence-electron chi connectivity index (χ2n) is 9.79. The van der Waals surface area contributed by atoms with Crippen molar-refractivity contribution in [2.24, 2.45) is 0 Å². The molecule has 0 aliphatic rings. The van der Waals surface area contributed by atoms with Crippen LogP contribution in [0.5, 0.6) is 17.2 Å². The van der Waals surface area contributed by atoms with E-state index >= 15 is 0 Å². The third-order valence-corrected chi connectivity index (χ3v) is 6.97. The number of carbonyl (C=O) groups excluding carboxylic acids is 2. The molecule has 0 aromatic heterocycles. The lowest BCUT2D eigenvalue weighted by Crippen LogP contribution is -2.50. The van der Waals surface area contributed by atoms with Gasteiger partial charge < -0.3 is 24.4 Å². The Morgan fingerprint density at radius 2 is 1.38 bits per heavy atom. The molecule has 4 aromatic rings. The molecule has 0 bridgehead atoms. The molecule has 0 radical (unpaired) electrons. The van der Waals surface area contributed by atoms with Crippen molar-refractivity contribution in [3.63, 3.8) is 0 Å². The van der Waals surface area contributed by atoms with Crippen LogP contribution >= 0.6 is 0 Å². The lowest BCUT2D eigenvalue weighted by molar-refractivity contribution is -0.140. The first-order valence-electron chi connectivity index (χ1n) is 13.6. The number of benzene rings is 4. The van der Waals surface area contributed by atoms with E-state index in [0.29, 0.717) is 29.0 Å². The van der Waals surface area contributed by atoms with Crippen molar-refractivity contribution in [1.29, 1.82) is 0 Å². The summed E-state index contributed by atoms with van der Waals surface area (Å²) in [6, 6.07) is 27.4. The van der Waals surface area contributed by atoms with Crippen molar-refractivity contribution >= 4 is 11.8 Å². The summed E-state index contributed by atoms with van der Waals surface area (Å²) < 4.78 is 29.7. The summed E-state index contributed by atoms with van der Waals surface area (Å²) in [5, 5.41) is 3.01. The third kappa shape index (κ3) is 8.10. The highest BCUT2D eigenvalue weighted by molar-refractivity contribution is 5.89. The summed E-state index contributed by atoms with van der Waals surface area (Å²) in [5.41, 5.74) is 3.21. The Kier molecular flexibility index (Phi) is 10.5. The Bertz CT molecular complexity index is 1460. The number of methoxy groups -OCH3 is 3. The summed E-state index contributed by atoms with van der Waals surface area (Å²) in [5.74, 6) is 0.852. The second kappa shape index (κ2) is 14.7. The third-order valence-electron chi connectivity index (χ3n) is 6.97. The Morgan fingerprint density at radius 3 is 2.02 bits per heavy atom. The van der Waals surface area contributed by atoms with Crippen LogP contribution in [0.3, 0.4) is 0 Å². The normalized spacial score (nSPS) is 11.3. The van der Waals surface area contributed by atoms with Crippen molar-refractivity contribution < 1.29 is 28.2 Å². The van der Waals surface area contributed by atoms with Crippen LogP contribution in [0.15, 0.2) is 97.1 Å². The molecule has 42 heavy (non-hydrogen) atoms. The molecule has 4 aromatic carbocycles. The maximum atomic E-state index is 14.0. The fourth-order valence-corrected chi connectivity index (χ4v) is 4.66. The van der Waals surface area contributed by atoms with E-state index in [0.717, 1.165) is 16.9 Å². The van der Waals surface area contributed by atoms with E-state index < -0.39 is 6.04 Å². The van der Waals surface area contributed by atoms with Gasteiger partial charge in [0.1, 0.15) is 17.6 Å². The van der Waals surface area contributed by atoms with Gasteiger partial charge in [-0.2, -0.15) is 0 Å². The Balaban J connectivity index is 1.65. The van der Waals surface area contributed by atoms with Crippen LogP contribution in [-0.2, 0) is 35.5 Å². The molecular formula is C34H35FN2O5. The lowest BCUT2D eigenvalue weighted by Gasteiger charge is -2.32. The van der Waals surface area contributed by atoms with Gasteiger partial charge >= 0.3 is 0 Å². The molecule has 0 heterocycles. The van der Waals surface area contributed by atoms with Crippen molar-refractivity contribution in [2.45, 2.75) is 32.0 Å². The summed E-state index contributed by atoms with van der Waals surface area (Å²) in [6.07, 6.45) is 0.326. The van der Waals surface area contributed by atoms with Crippen LogP contribution in [-0.4, -0.2) is 44.1 Å². The van der Waals surface area contributed by atoms with Gasteiger partial charge in [-0.3, -0.25) is 9.59 Å². The number of nitrogens with zero attached hydrogens (tertiary/aromatic N) is 1. The standard InChI is InChI=1S/C34H35FN2O5/c1-40-29-16-11-25(12-17-29)22-36-34(39)30(19-24-7-5-4-6-8-24)37(23-26-9-14-28(35)15-10-26)33(38)21-27-13-18-31(41-2)32(20-27)42-3/h4-18,20,30H,19,21-23H2,1-3H3,(H,36,39)/t30-/m0/s1. The lowest BCUT2D eigenvalue weighted by atomic mass is 10.0. The molecule has 0 aliphatic carbocycles. The fraction of sp³-hybridized carbons (Fsp3) is 0.235. The van der Waals surface area contributed by atoms with Gasteiger partial charge in [0, 0.05) is 19.5 Å². The number of rotatable bonds is 13. The number of carbonyl (C=O) groups is 2. The maximum absolute atomic E-state index is 14.0. The summed E-state index contributed by atoms with van der Waals surface area (Å²) in [7, 11) is 4.68. The molecule has 0 spiro atoms. The number of amides is 2. The molecule has 1 atom stereocenters. The van der Waals surface area contributed by atoms with Gasteiger partial charge in [-0.05, 0) is 58.7 Å². The van der Waals surface area contributed by atoms with Gasteiger partial charge in [-0.15, -0.1) is 0 Å². The van der Waals surface area contributed by atoms with Crippen molar-refractivity contribution in [2.75, 3.05) is 21.3 Å². The second-order valence-corrected chi connectivity index (χ2v) is 9.79. The van der Waals surface area contributed by atoms with E-state index in [1.54, 1.807) is 49.5 Å². The van der Waals surface area contributed by atoms with E-state index in [1.165, 1.54) is 19.2 Å². The summed E-state index contributed by atoms with van der Waals surface area (Å²) >= 11 is 0. The van der Waals surface area contributed by atoms with Gasteiger partial charge in [0.05, 0.1) is 27.8 Å². The highest BCUT2D eigenvalue weighted by Gasteiger charge is 2.30. The molecule has 0 fully saturated rings. The quantitative estimate of drug-likeness (QED) is 0.235. The Hall–Kier alpha value is -4.85. The summed E-state index contributed by atoms with van der Waals surface area (Å²) in [6.45, 7) is 0.405. The molecule has 8 heteroatoms. The minimum Gasteiger partial charge on any atom is -0.497 e. The highest BCUT2D eigenvalue weighted by Crippen LogP contribution is 2.28. The largest absolute Gasteiger partial charge is 0.497 e. The van der Waals surface area contributed by atoms with E-state index in [2.05, 4.69) is 5.32 Å². The van der Waals surface area contributed by atoms with E-state index in [4.69, 9.17) is 14.2 Å². The molecule has 1 N–H and O–H groups in total. The predicted molar refractivity (Wildman–Crippen MR) is 159 cm³/mol. The first-order valence-corrected chi connectivity index (χ1v) is 13.6. The van der Waals surface area contributed by atoms with E-state index in [-0.39, 0.29) is 37.1 Å². The number of nitrogens with one attached hydrogen (secondary N) is 1. The highest BCUT2D eigenvalue weighted by atomic mass is 19.1. The van der Waals surface area contributed by atoms with Gasteiger partial charge in [0.15, 0.2) is 11.5 Å². The van der Waals surface area contributed by atoms with Crippen LogP contribution in [0.25, 0.3) is 0 Å². The minimum absolute atomic E-state index is 0.0264. The van der Waals surface area contributed by atoms with Crippen LogP contribution in [0.1, 0.15) is 22.3 Å². The summed E-state index contributed by atoms with van der Waals surface area (Å²) in [4.78, 5) is 29.4. The average Bonchev–Trinajstić information content (AvgIpc) is 3.03. The number of ether oxygens (including phenoxy) is 3. The number of halogens is 1. The predicted octanol–water partition coefficient (Wildman–Crippen LogP) is 5.35. The van der Waals surface area contributed by atoms with Crippen molar-refractivity contribution in [1.82, 2.24) is 10.2 Å². The first kappa shape index (κ1) is 30.1. The average molecular weight is 571 g/mol. The molecular weight excluding hydrogens is 535 g/mol. The monoisotopic (exact) mass is 570 g/mol. The van der Waals surface area contributed by atoms with E-state index in [1.807, 2.05) is 54.6 Å². The van der Waals surface area contributed by atoms with Crippen molar-refractivity contribution in [3.8, 4) is 17.2 Å². The van der Waals surface area contributed by atoms with Gasteiger partial charge in [-0.25, -0.2) is 4.39 Å². The minimum atomic E-state index is -0.830. The maximum Gasteiger partial charge on any atom is 0.243 e. The number of hydrogen-bond donors (Lipinski definition) is 1. The van der Waals surface area contributed by atoms with Gasteiger partial charge in [0.25, 0.3) is 0 Å². The van der Waals surface area contributed by atoms with Crippen LogP contribution in [0.4, 0.5) is 4.39 Å². The van der Waals surface area contributed by atoms with Gasteiger partial charge in [0.2, 0.25) is 11.8 Å². The molecule has 7 nitrogen and oxygen atoms in total. The van der Waals surface area contributed by atoms with Crippen LogP contribution in [0.2, 0.25) is 0 Å². The first-order chi connectivity index (χ1) is 20.4. The zero-order chi connectivity index (χ0) is 29.9. The van der Waals surface area contributed by atoms with Crippen molar-refractivity contribution in [3.05, 3.63) is 125 Å². The molecule has 218 valence electrons. The van der Waals surface area contributed by atoms with Crippen LogP contribution in [0, 0.1) is 5.82 Å². The zero-order valence-corrected chi connectivity index (χ0v) is 24.0. The number of hydrogen-bond acceptors (Lipinski definition) is 5. The molecule has 4 rings (SSSR count). The molecule has 0 unspecified atom stereocenters. The molecule has 2 amide bonds. The Labute approximate surface area is 245 Å². The topological polar surface area (TPSA) is 77.1 Å².